The maximum atomic E-state index is 11.4. The molecule has 0 unspecified atom stereocenters. The molecule has 9 heteroatoms. The van der Waals surface area contributed by atoms with Crippen LogP contribution in [0.3, 0.4) is 0 Å². The summed E-state index contributed by atoms with van der Waals surface area (Å²) in [6.07, 6.45) is 7.19. The van der Waals surface area contributed by atoms with Crippen LogP contribution in [0.25, 0.3) is 5.65 Å². The first kappa shape index (κ1) is 22.5. The summed E-state index contributed by atoms with van der Waals surface area (Å²) in [7, 11) is 0. The highest BCUT2D eigenvalue weighted by atomic mass is 16.5. The van der Waals surface area contributed by atoms with Crippen molar-refractivity contribution in [3.8, 4) is 5.88 Å². The van der Waals surface area contributed by atoms with E-state index in [9.17, 15) is 4.79 Å². The monoisotopic (exact) mass is 469 g/mol. The van der Waals surface area contributed by atoms with Crippen LogP contribution in [0.4, 0.5) is 5.82 Å². The van der Waals surface area contributed by atoms with E-state index in [2.05, 4.69) is 32.5 Å². The van der Waals surface area contributed by atoms with E-state index in [0.717, 1.165) is 28.0 Å². The molecule has 1 saturated carbocycles. The van der Waals surface area contributed by atoms with Gasteiger partial charge in [-0.1, -0.05) is 6.07 Å². The second kappa shape index (κ2) is 9.17. The molecule has 5 rings (SSSR count). The van der Waals surface area contributed by atoms with Crippen molar-refractivity contribution in [1.29, 1.82) is 5.41 Å². The molecule has 0 atom stereocenters. The van der Waals surface area contributed by atoms with E-state index >= 15 is 0 Å². The Labute approximate surface area is 202 Å². The van der Waals surface area contributed by atoms with Gasteiger partial charge in [0.05, 0.1) is 5.69 Å². The molecule has 178 valence electrons. The number of fused-ring (bicyclic) bond motifs is 1. The number of ether oxygens (including phenoxy) is 1. The number of benzene rings is 1. The summed E-state index contributed by atoms with van der Waals surface area (Å²) in [5.41, 5.74) is 12.4. The summed E-state index contributed by atoms with van der Waals surface area (Å²) in [5.74, 6) is 1.53. The van der Waals surface area contributed by atoms with Crippen molar-refractivity contribution in [3.63, 3.8) is 0 Å². The minimum absolute atomic E-state index is 0.0365. The molecule has 1 aliphatic carbocycles. The molecule has 3 aromatic heterocycles. The zero-order chi connectivity index (χ0) is 24.5. The number of hydrogen-bond acceptors (Lipinski definition) is 7. The third-order valence-corrected chi connectivity index (χ3v) is 6.22. The Morgan fingerprint density at radius 2 is 1.94 bits per heavy atom. The number of imidazole rings is 1. The minimum atomic E-state index is 0.0365. The number of nitrogens with zero attached hydrogens (tertiary/aromatic N) is 4. The van der Waals surface area contributed by atoms with Crippen LogP contribution >= 0.6 is 0 Å². The number of pyridine rings is 1. The van der Waals surface area contributed by atoms with Gasteiger partial charge in [0.1, 0.15) is 23.9 Å². The lowest BCUT2D eigenvalue weighted by atomic mass is 9.99. The van der Waals surface area contributed by atoms with E-state index < -0.39 is 0 Å². The molecule has 0 bridgehead atoms. The number of aryl methyl sites for hydroxylation is 2. The van der Waals surface area contributed by atoms with Crippen molar-refractivity contribution in [2.75, 3.05) is 5.32 Å². The van der Waals surface area contributed by atoms with Gasteiger partial charge >= 0.3 is 0 Å². The smallest absolute Gasteiger partial charge is 0.219 e. The zero-order valence-electron chi connectivity index (χ0n) is 19.7. The van der Waals surface area contributed by atoms with Crippen LogP contribution in [-0.4, -0.2) is 31.5 Å². The summed E-state index contributed by atoms with van der Waals surface area (Å²) in [6.45, 7) is 4.66. The van der Waals surface area contributed by atoms with Crippen molar-refractivity contribution in [2.24, 2.45) is 5.73 Å². The first-order valence-corrected chi connectivity index (χ1v) is 11.5. The first-order valence-electron chi connectivity index (χ1n) is 11.5. The van der Waals surface area contributed by atoms with Crippen molar-refractivity contribution in [1.82, 2.24) is 19.4 Å². The largest absolute Gasteiger partial charge is 0.471 e. The first-order chi connectivity index (χ1) is 16.9. The molecule has 0 amide bonds. The lowest BCUT2D eigenvalue weighted by Gasteiger charge is -2.14. The standard InChI is InChI=1S/C26H27N7O2/c1-15-7-19(26(27)28)8-16(2)21(15)10-29-22-9-25(32-23(13-34)31-22)35-14-20-12-33-11-18(17-3-4-17)5-6-24(33)30-20/h5-9,11-13,17H,3-4,10,14H2,1-2H3,(H3,27,28)(H,29,31,32). The third kappa shape index (κ3) is 4.98. The maximum absolute atomic E-state index is 11.4. The summed E-state index contributed by atoms with van der Waals surface area (Å²) in [4.78, 5) is 24.5. The maximum Gasteiger partial charge on any atom is 0.219 e. The Kier molecular flexibility index (Phi) is 5.90. The number of nitrogen functional groups attached to an aromatic ring is 1. The van der Waals surface area contributed by atoms with Crippen molar-refractivity contribution < 1.29 is 9.53 Å². The predicted molar refractivity (Wildman–Crippen MR) is 133 cm³/mol. The molecule has 1 aromatic carbocycles. The topological polar surface area (TPSA) is 131 Å². The molecule has 0 saturated heterocycles. The summed E-state index contributed by atoms with van der Waals surface area (Å²) in [5, 5.41) is 10.9. The van der Waals surface area contributed by atoms with Crippen LogP contribution in [0.1, 0.15) is 62.9 Å². The van der Waals surface area contributed by atoms with Crippen LogP contribution in [0.2, 0.25) is 0 Å². The van der Waals surface area contributed by atoms with E-state index in [-0.39, 0.29) is 18.3 Å². The number of aldehydes is 1. The van der Waals surface area contributed by atoms with Gasteiger partial charge in [-0.05, 0) is 73.1 Å². The second-order valence-electron chi connectivity index (χ2n) is 8.95. The Balaban J connectivity index is 1.29. The number of amidine groups is 1. The second-order valence-corrected chi connectivity index (χ2v) is 8.95. The van der Waals surface area contributed by atoms with Gasteiger partial charge in [-0.2, -0.15) is 4.98 Å². The fraction of sp³-hybridized carbons (Fsp3) is 0.269. The molecule has 4 aromatic rings. The highest BCUT2D eigenvalue weighted by Gasteiger charge is 2.23. The highest BCUT2D eigenvalue weighted by molar-refractivity contribution is 5.95. The number of hydrogen-bond donors (Lipinski definition) is 3. The van der Waals surface area contributed by atoms with Gasteiger partial charge in [0.15, 0.2) is 12.1 Å². The van der Waals surface area contributed by atoms with Crippen LogP contribution in [0.5, 0.6) is 5.88 Å². The number of aromatic nitrogens is 4. The van der Waals surface area contributed by atoms with Crippen molar-refractivity contribution >= 4 is 23.6 Å². The van der Waals surface area contributed by atoms with E-state index in [1.165, 1.54) is 18.4 Å². The van der Waals surface area contributed by atoms with E-state index in [1.807, 2.05) is 42.6 Å². The van der Waals surface area contributed by atoms with Crippen LogP contribution in [0.15, 0.2) is 42.7 Å². The molecule has 0 aliphatic heterocycles. The van der Waals surface area contributed by atoms with Gasteiger partial charge in [-0.25, -0.2) is 9.97 Å². The fourth-order valence-corrected chi connectivity index (χ4v) is 4.20. The Bertz CT molecular complexity index is 1420. The predicted octanol–water partition coefficient (Wildman–Crippen LogP) is 3.91. The lowest BCUT2D eigenvalue weighted by molar-refractivity contribution is 0.111. The zero-order valence-corrected chi connectivity index (χ0v) is 19.7. The number of carbonyl (C=O) groups excluding carboxylic acids is 1. The van der Waals surface area contributed by atoms with E-state index in [0.29, 0.717) is 36.0 Å². The minimum Gasteiger partial charge on any atom is -0.471 e. The van der Waals surface area contributed by atoms with Crippen LogP contribution in [-0.2, 0) is 13.2 Å². The van der Waals surface area contributed by atoms with Gasteiger partial charge in [0.25, 0.3) is 0 Å². The highest BCUT2D eigenvalue weighted by Crippen LogP contribution is 2.39. The molecule has 0 spiro atoms. The molecule has 1 fully saturated rings. The van der Waals surface area contributed by atoms with Crippen LogP contribution in [0, 0.1) is 19.3 Å². The fourth-order valence-electron chi connectivity index (χ4n) is 4.20. The molecule has 0 radical (unpaired) electrons. The summed E-state index contributed by atoms with van der Waals surface area (Å²) >= 11 is 0. The number of carbonyl (C=O) groups is 1. The third-order valence-electron chi connectivity index (χ3n) is 6.22. The quantitative estimate of drug-likeness (QED) is 0.192. The van der Waals surface area contributed by atoms with E-state index in [1.54, 1.807) is 6.07 Å². The Hall–Kier alpha value is -4.27. The molecule has 3 heterocycles. The van der Waals surface area contributed by atoms with Gasteiger partial charge in [-0.3, -0.25) is 10.2 Å². The average molecular weight is 470 g/mol. The number of nitrogens with two attached hydrogens (primary N) is 1. The van der Waals surface area contributed by atoms with Crippen molar-refractivity contribution in [3.05, 3.63) is 82.1 Å². The normalized spacial score (nSPS) is 13.1. The van der Waals surface area contributed by atoms with Gasteiger partial charge in [0.2, 0.25) is 5.88 Å². The SMILES string of the molecule is Cc1cc(C(=N)N)cc(C)c1CNc1cc(OCc2cn3cc(C4CC4)ccc3n2)nc(C=O)n1. The molecular formula is C26H27N7O2. The van der Waals surface area contributed by atoms with Gasteiger partial charge < -0.3 is 20.2 Å². The lowest BCUT2D eigenvalue weighted by Crippen LogP contribution is -2.13. The summed E-state index contributed by atoms with van der Waals surface area (Å²) < 4.78 is 7.90. The average Bonchev–Trinajstić information content (AvgIpc) is 3.61. The van der Waals surface area contributed by atoms with Crippen LogP contribution < -0.4 is 15.8 Å². The molecule has 1 aliphatic rings. The molecular weight excluding hydrogens is 442 g/mol. The molecule has 9 nitrogen and oxygen atoms in total. The summed E-state index contributed by atoms with van der Waals surface area (Å²) in [6, 6.07) is 9.62. The van der Waals surface area contributed by atoms with Gasteiger partial charge in [0, 0.05) is 30.6 Å². The number of rotatable bonds is 9. The molecule has 35 heavy (non-hydrogen) atoms. The number of anilines is 1. The number of nitrogens with one attached hydrogen (secondary N) is 2. The van der Waals surface area contributed by atoms with E-state index in [4.69, 9.17) is 15.9 Å². The Morgan fingerprint density at radius 1 is 1.17 bits per heavy atom. The molecule has 4 N–H and O–H groups in total. The van der Waals surface area contributed by atoms with Gasteiger partial charge in [-0.15, -0.1) is 0 Å². The Morgan fingerprint density at radius 3 is 2.63 bits per heavy atom. The van der Waals surface area contributed by atoms with Crippen molar-refractivity contribution in [2.45, 2.75) is 45.8 Å².